The van der Waals surface area contributed by atoms with Crippen LogP contribution < -0.4 is 4.74 Å². The van der Waals surface area contributed by atoms with Gasteiger partial charge in [0.2, 0.25) is 0 Å². The maximum absolute atomic E-state index is 11.8. The molecule has 0 spiro atoms. The third-order valence-corrected chi connectivity index (χ3v) is 2.90. The van der Waals surface area contributed by atoms with Crippen molar-refractivity contribution in [1.29, 1.82) is 0 Å². The van der Waals surface area contributed by atoms with E-state index in [4.69, 9.17) is 9.47 Å². The van der Waals surface area contributed by atoms with Gasteiger partial charge in [-0.15, -0.1) is 0 Å². The molecule has 0 aliphatic rings. The van der Waals surface area contributed by atoms with Gasteiger partial charge in [0.05, 0.1) is 24.4 Å². The van der Waals surface area contributed by atoms with E-state index < -0.39 is 12.1 Å². The average Bonchev–Trinajstić information content (AvgIpc) is 2.88. The standard InChI is InChI=1S/C14H18N2O4/c1-3-10(17)9-20-11-5-6-16-13(7-11)12(8-15-16)14(18)19-4-2/h5-8,10,17H,3-4,9H2,1-2H3. The largest absolute Gasteiger partial charge is 0.491 e. The fraction of sp³-hybridized carbons (Fsp3) is 0.429. The Morgan fingerprint density at radius 3 is 3.00 bits per heavy atom. The van der Waals surface area contributed by atoms with Crippen molar-refractivity contribution in [3.63, 3.8) is 0 Å². The van der Waals surface area contributed by atoms with E-state index in [0.29, 0.717) is 29.9 Å². The minimum Gasteiger partial charge on any atom is -0.491 e. The number of pyridine rings is 1. The van der Waals surface area contributed by atoms with Crippen molar-refractivity contribution in [2.75, 3.05) is 13.2 Å². The summed E-state index contributed by atoms with van der Waals surface area (Å²) in [5.74, 6) is 0.171. The number of nitrogens with zero attached hydrogens (tertiary/aromatic N) is 2. The summed E-state index contributed by atoms with van der Waals surface area (Å²) in [7, 11) is 0. The normalized spacial score (nSPS) is 12.3. The Kier molecular flexibility index (Phi) is 4.57. The molecular weight excluding hydrogens is 260 g/mol. The number of hydrogen-bond donors (Lipinski definition) is 1. The Bertz CT molecular complexity index is 594. The monoisotopic (exact) mass is 278 g/mol. The van der Waals surface area contributed by atoms with Gasteiger partial charge in [-0.25, -0.2) is 9.31 Å². The summed E-state index contributed by atoms with van der Waals surface area (Å²) in [5.41, 5.74) is 1.01. The van der Waals surface area contributed by atoms with E-state index in [1.807, 2.05) is 6.92 Å². The molecule has 0 saturated heterocycles. The summed E-state index contributed by atoms with van der Waals surface area (Å²) in [5, 5.41) is 13.6. The first-order chi connectivity index (χ1) is 9.65. The summed E-state index contributed by atoms with van der Waals surface area (Å²) in [6, 6.07) is 3.44. The van der Waals surface area contributed by atoms with Crippen LogP contribution in [0, 0.1) is 0 Å². The predicted octanol–water partition coefficient (Wildman–Crippen LogP) is 1.66. The van der Waals surface area contributed by atoms with Crippen molar-refractivity contribution in [1.82, 2.24) is 9.61 Å². The number of aliphatic hydroxyl groups is 1. The molecule has 0 bridgehead atoms. The Labute approximate surface area is 116 Å². The van der Waals surface area contributed by atoms with Crippen molar-refractivity contribution in [2.24, 2.45) is 0 Å². The van der Waals surface area contributed by atoms with Crippen molar-refractivity contribution in [3.8, 4) is 5.75 Å². The summed E-state index contributed by atoms with van der Waals surface area (Å²) < 4.78 is 12.0. The molecule has 20 heavy (non-hydrogen) atoms. The van der Waals surface area contributed by atoms with E-state index in [0.717, 1.165) is 0 Å². The number of rotatable bonds is 6. The number of ether oxygens (including phenoxy) is 2. The second-order valence-electron chi connectivity index (χ2n) is 4.34. The summed E-state index contributed by atoms with van der Waals surface area (Å²) in [6.07, 6.45) is 3.30. The summed E-state index contributed by atoms with van der Waals surface area (Å²) >= 11 is 0. The molecule has 0 fully saturated rings. The van der Waals surface area contributed by atoms with Crippen LogP contribution in [0.25, 0.3) is 5.52 Å². The van der Waals surface area contributed by atoms with E-state index >= 15 is 0 Å². The molecule has 0 radical (unpaired) electrons. The third-order valence-electron chi connectivity index (χ3n) is 2.90. The molecule has 0 aromatic carbocycles. The molecule has 2 aromatic heterocycles. The van der Waals surface area contributed by atoms with E-state index in [2.05, 4.69) is 5.10 Å². The average molecular weight is 278 g/mol. The van der Waals surface area contributed by atoms with E-state index in [-0.39, 0.29) is 6.61 Å². The first-order valence-electron chi connectivity index (χ1n) is 6.61. The van der Waals surface area contributed by atoms with Crippen LogP contribution in [0.2, 0.25) is 0 Å². The molecule has 0 amide bonds. The molecule has 1 atom stereocenters. The zero-order valence-corrected chi connectivity index (χ0v) is 11.6. The lowest BCUT2D eigenvalue weighted by Crippen LogP contribution is -2.16. The quantitative estimate of drug-likeness (QED) is 0.813. The molecule has 2 aromatic rings. The number of hydrogen-bond acceptors (Lipinski definition) is 5. The highest BCUT2D eigenvalue weighted by atomic mass is 16.5. The minimum absolute atomic E-state index is 0.218. The summed E-state index contributed by atoms with van der Waals surface area (Å²) in [4.78, 5) is 11.8. The molecule has 1 N–H and O–H groups in total. The van der Waals surface area contributed by atoms with Crippen LogP contribution in [0.3, 0.4) is 0 Å². The van der Waals surface area contributed by atoms with Crippen molar-refractivity contribution in [3.05, 3.63) is 30.1 Å². The minimum atomic E-state index is -0.499. The lowest BCUT2D eigenvalue weighted by Gasteiger charge is -2.10. The molecule has 2 rings (SSSR count). The first kappa shape index (κ1) is 14.3. The van der Waals surface area contributed by atoms with Crippen molar-refractivity contribution < 1.29 is 19.4 Å². The van der Waals surface area contributed by atoms with Crippen LogP contribution in [0.1, 0.15) is 30.6 Å². The fourth-order valence-corrected chi connectivity index (χ4v) is 1.73. The van der Waals surface area contributed by atoms with Gasteiger partial charge in [-0.2, -0.15) is 5.10 Å². The lowest BCUT2D eigenvalue weighted by atomic mass is 10.2. The molecule has 108 valence electrons. The molecule has 6 nitrogen and oxygen atoms in total. The van der Waals surface area contributed by atoms with Gasteiger partial charge < -0.3 is 14.6 Å². The molecule has 1 unspecified atom stereocenters. The Morgan fingerprint density at radius 2 is 2.30 bits per heavy atom. The van der Waals surface area contributed by atoms with Gasteiger partial charge in [0, 0.05) is 12.3 Å². The van der Waals surface area contributed by atoms with Gasteiger partial charge in [0.25, 0.3) is 0 Å². The molecule has 0 aliphatic heterocycles. The van der Waals surface area contributed by atoms with E-state index in [9.17, 15) is 9.90 Å². The number of carbonyl (C=O) groups excluding carboxylic acids is 1. The van der Waals surface area contributed by atoms with Crippen LogP contribution in [-0.2, 0) is 4.74 Å². The Hall–Kier alpha value is -2.08. The van der Waals surface area contributed by atoms with Gasteiger partial charge in [-0.05, 0) is 19.4 Å². The van der Waals surface area contributed by atoms with Crippen molar-refractivity contribution in [2.45, 2.75) is 26.4 Å². The highest BCUT2D eigenvalue weighted by Gasteiger charge is 2.14. The first-order valence-corrected chi connectivity index (χ1v) is 6.61. The lowest BCUT2D eigenvalue weighted by molar-refractivity contribution is 0.0528. The topological polar surface area (TPSA) is 73.1 Å². The van der Waals surface area contributed by atoms with Crippen molar-refractivity contribution >= 4 is 11.5 Å². The Morgan fingerprint density at radius 1 is 1.50 bits per heavy atom. The highest BCUT2D eigenvalue weighted by Crippen LogP contribution is 2.19. The maximum Gasteiger partial charge on any atom is 0.341 e. The van der Waals surface area contributed by atoms with Crippen LogP contribution in [-0.4, -0.2) is 40.0 Å². The second kappa shape index (κ2) is 6.38. The number of esters is 1. The van der Waals surface area contributed by atoms with Gasteiger partial charge in [0.1, 0.15) is 17.9 Å². The van der Waals surface area contributed by atoms with Gasteiger partial charge in [-0.1, -0.05) is 6.92 Å². The maximum atomic E-state index is 11.8. The molecule has 0 aliphatic carbocycles. The van der Waals surface area contributed by atoms with Crippen LogP contribution in [0.5, 0.6) is 5.75 Å². The van der Waals surface area contributed by atoms with Crippen LogP contribution in [0.15, 0.2) is 24.5 Å². The third kappa shape index (κ3) is 3.08. The zero-order valence-electron chi connectivity index (χ0n) is 11.6. The van der Waals surface area contributed by atoms with E-state index in [1.54, 1.807) is 29.8 Å². The number of aromatic nitrogens is 2. The Balaban J connectivity index is 2.23. The van der Waals surface area contributed by atoms with E-state index in [1.165, 1.54) is 6.20 Å². The number of carbonyl (C=O) groups is 1. The molecular formula is C14H18N2O4. The zero-order chi connectivity index (χ0) is 14.5. The SMILES string of the molecule is CCOC(=O)c1cnn2ccc(OCC(O)CC)cc12. The number of fused-ring (bicyclic) bond motifs is 1. The highest BCUT2D eigenvalue weighted by molar-refractivity contribution is 5.96. The molecule has 0 saturated carbocycles. The fourth-order valence-electron chi connectivity index (χ4n) is 1.73. The van der Waals surface area contributed by atoms with Gasteiger partial charge in [0.15, 0.2) is 0 Å². The molecule has 2 heterocycles. The van der Waals surface area contributed by atoms with Gasteiger partial charge in [-0.3, -0.25) is 0 Å². The van der Waals surface area contributed by atoms with Crippen LogP contribution in [0.4, 0.5) is 0 Å². The smallest absolute Gasteiger partial charge is 0.341 e. The molecule has 6 heteroatoms. The second-order valence-corrected chi connectivity index (χ2v) is 4.34. The predicted molar refractivity (Wildman–Crippen MR) is 72.9 cm³/mol. The van der Waals surface area contributed by atoms with Crippen LogP contribution >= 0.6 is 0 Å². The number of aliphatic hydroxyl groups excluding tert-OH is 1. The van der Waals surface area contributed by atoms with Gasteiger partial charge >= 0.3 is 5.97 Å². The summed E-state index contributed by atoms with van der Waals surface area (Å²) in [6.45, 7) is 4.17.